The number of nitrogens with one attached hydrogen (secondary N) is 3. The van der Waals surface area contributed by atoms with Gasteiger partial charge in [-0.25, -0.2) is 18.2 Å². The molecule has 5 atom stereocenters. The number of imidazole rings is 1. The lowest BCUT2D eigenvalue weighted by atomic mass is 10.0. The number of benzene rings is 2. The maximum absolute atomic E-state index is 14.8. The molecule has 18 heteroatoms. The topological polar surface area (TPSA) is 200 Å². The summed E-state index contributed by atoms with van der Waals surface area (Å²) in [4.78, 5) is 68.2. The number of hydrogen-bond donors (Lipinski definition) is 3. The molecule has 2 aliphatic carbocycles. The summed E-state index contributed by atoms with van der Waals surface area (Å²) in [7, 11) is -2.39. The first-order valence-corrected chi connectivity index (χ1v) is 24.8. The molecule has 0 bridgehead atoms. The molecule has 3 N–H and O–H groups in total. The van der Waals surface area contributed by atoms with Crippen LogP contribution in [-0.2, 0) is 29.1 Å². The number of hydrogen-bond acceptors (Lipinski definition) is 12. The second kappa shape index (κ2) is 17.7. The van der Waals surface area contributed by atoms with E-state index in [2.05, 4.69) is 15.4 Å². The predicted octanol–water partition coefficient (Wildman–Crippen LogP) is 7.05. The fourth-order valence-corrected chi connectivity index (χ4v) is 10.9. The lowest BCUT2D eigenvalue weighted by Gasteiger charge is -2.30. The van der Waals surface area contributed by atoms with E-state index in [1.165, 1.54) is 16.2 Å². The number of carbonyl (C=O) groups is 4. The second-order valence-corrected chi connectivity index (χ2v) is 22.2. The van der Waals surface area contributed by atoms with Gasteiger partial charge in [-0.15, -0.1) is 11.3 Å². The molecular formula is C47H59N7O9S2. The van der Waals surface area contributed by atoms with Crippen LogP contribution < -0.4 is 24.8 Å². The summed E-state index contributed by atoms with van der Waals surface area (Å²) in [5.74, 6) is -1.68. The van der Waals surface area contributed by atoms with Gasteiger partial charge >= 0.3 is 6.09 Å². The Bertz CT molecular complexity index is 2630. The molecule has 348 valence electrons. The zero-order valence-electron chi connectivity index (χ0n) is 38.0. The standard InChI is InChI=1S/C47H59N7O9S2/c1-28(2)54-35-20-15-18-32(40-48-34(27-64-40)31-17-13-14-21-37(31)61-7)38(35)50-43(54)62-30-24-36-39(55)51-47(42(57)52-65(59,60)46(6)22-23-46)25-29(47)16-11-9-8-10-12-19-33(41(56)53(36)26-30)49-44(58)63-45(3,4)5/h11,13-18,20-21,27-30,33,36H,8-10,12,19,22-26H2,1-7H3,(H,49,58)(H,51,55)(H,52,57)/b16-11-/t29-,30-,33+,36+,47-/m1/s1. The number of alkyl carbamates (subject to hydrolysis) is 1. The zero-order chi connectivity index (χ0) is 46.5. The zero-order valence-corrected chi connectivity index (χ0v) is 39.6. The van der Waals surface area contributed by atoms with E-state index < -0.39 is 73.8 Å². The van der Waals surface area contributed by atoms with Gasteiger partial charge in [0.15, 0.2) is 0 Å². The molecule has 4 aromatic rings. The third kappa shape index (κ3) is 9.46. The van der Waals surface area contributed by atoms with Crippen molar-refractivity contribution in [3.05, 3.63) is 60.0 Å². The van der Waals surface area contributed by atoms with Crippen molar-refractivity contribution in [2.45, 2.75) is 139 Å². The molecule has 2 saturated carbocycles. The maximum atomic E-state index is 14.8. The van der Waals surface area contributed by atoms with Gasteiger partial charge in [0.2, 0.25) is 21.8 Å². The molecule has 2 aromatic carbocycles. The summed E-state index contributed by atoms with van der Waals surface area (Å²) in [6.45, 7) is 10.8. The van der Waals surface area contributed by atoms with Crippen molar-refractivity contribution in [3.8, 4) is 33.6 Å². The summed E-state index contributed by atoms with van der Waals surface area (Å²) in [5.41, 5.74) is 1.53. The number of allylic oxidation sites excluding steroid dienone is 1. The van der Waals surface area contributed by atoms with Crippen LogP contribution in [0.5, 0.6) is 11.8 Å². The van der Waals surface area contributed by atoms with E-state index in [1.54, 1.807) is 34.8 Å². The van der Waals surface area contributed by atoms with Crippen molar-refractivity contribution < 1.29 is 41.8 Å². The third-order valence-electron chi connectivity index (χ3n) is 12.8. The molecule has 4 heterocycles. The van der Waals surface area contributed by atoms with Gasteiger partial charge in [0.25, 0.3) is 11.9 Å². The minimum atomic E-state index is -4.02. The monoisotopic (exact) mass is 929 g/mol. The summed E-state index contributed by atoms with van der Waals surface area (Å²) < 4.78 is 47.7. The summed E-state index contributed by atoms with van der Waals surface area (Å²) >= 11 is 1.49. The molecule has 2 aromatic heterocycles. The molecule has 0 spiro atoms. The Kier molecular flexibility index (Phi) is 12.6. The van der Waals surface area contributed by atoms with Crippen LogP contribution in [0, 0.1) is 5.92 Å². The highest BCUT2D eigenvalue weighted by Crippen LogP contribution is 2.48. The molecule has 65 heavy (non-hydrogen) atoms. The first-order chi connectivity index (χ1) is 30.8. The van der Waals surface area contributed by atoms with Crippen molar-refractivity contribution in [3.63, 3.8) is 0 Å². The average Bonchev–Trinajstić information content (AvgIpc) is 3.92. The summed E-state index contributed by atoms with van der Waals surface area (Å²) in [6, 6.07) is 11.6. The van der Waals surface area contributed by atoms with Crippen molar-refractivity contribution in [1.29, 1.82) is 0 Å². The number of nitrogens with zero attached hydrogens (tertiary/aromatic N) is 4. The van der Waals surface area contributed by atoms with E-state index in [-0.39, 0.29) is 31.4 Å². The van der Waals surface area contributed by atoms with Gasteiger partial charge in [0.05, 0.1) is 29.6 Å². The van der Waals surface area contributed by atoms with E-state index in [4.69, 9.17) is 24.2 Å². The highest BCUT2D eigenvalue weighted by Gasteiger charge is 2.63. The van der Waals surface area contributed by atoms with E-state index >= 15 is 0 Å². The quantitative estimate of drug-likeness (QED) is 0.138. The molecule has 2 aliphatic heterocycles. The molecule has 4 amide bonds. The molecule has 4 aliphatic rings. The SMILES string of the molecule is COc1ccccc1-c1csc(-c2cccc3c2nc(O[C@@H]2C[C@H]4C(=O)N[C@]5(C(=O)NS(=O)(=O)C6(C)CC6)C[C@H]5/C=C\CCCCC[C@H](NC(=O)OC(C)(C)C)C(=O)N4C2)n3C(C)C)n1. The van der Waals surface area contributed by atoms with Crippen LogP contribution in [0.15, 0.2) is 60.0 Å². The van der Waals surface area contributed by atoms with Gasteiger partial charge < -0.3 is 29.7 Å². The van der Waals surface area contributed by atoms with Gasteiger partial charge in [-0.1, -0.05) is 43.2 Å². The molecule has 0 unspecified atom stereocenters. The van der Waals surface area contributed by atoms with Gasteiger partial charge in [0.1, 0.15) is 45.6 Å². The number of methoxy groups -OCH3 is 1. The van der Waals surface area contributed by atoms with Crippen LogP contribution in [0.1, 0.15) is 105 Å². The Morgan fingerprint density at radius 2 is 1.77 bits per heavy atom. The van der Waals surface area contributed by atoms with Crippen LogP contribution in [0.3, 0.4) is 0 Å². The number of fused-ring (bicyclic) bond motifs is 3. The molecule has 0 radical (unpaired) electrons. The Morgan fingerprint density at radius 1 is 1.02 bits per heavy atom. The highest BCUT2D eigenvalue weighted by molar-refractivity contribution is 7.91. The van der Waals surface area contributed by atoms with Crippen LogP contribution >= 0.6 is 11.3 Å². The van der Waals surface area contributed by atoms with Crippen molar-refractivity contribution in [2.24, 2.45) is 5.92 Å². The minimum Gasteiger partial charge on any atom is -0.496 e. The molecular weight excluding hydrogens is 871 g/mol. The minimum absolute atomic E-state index is 0.0220. The lowest BCUT2D eigenvalue weighted by molar-refractivity contribution is -0.141. The Balaban J connectivity index is 1.12. The lowest BCUT2D eigenvalue weighted by Crippen LogP contribution is -2.58. The Labute approximate surface area is 383 Å². The second-order valence-electron chi connectivity index (χ2n) is 19.2. The van der Waals surface area contributed by atoms with E-state index in [1.807, 2.05) is 78.4 Å². The van der Waals surface area contributed by atoms with Crippen LogP contribution in [0.4, 0.5) is 4.79 Å². The number of carbonyl (C=O) groups excluding carboxylic acids is 4. The summed E-state index contributed by atoms with van der Waals surface area (Å²) in [6.07, 6.45) is 6.50. The number of thiazole rings is 1. The van der Waals surface area contributed by atoms with Gasteiger partial charge in [0, 0.05) is 34.9 Å². The molecule has 16 nitrogen and oxygen atoms in total. The number of amides is 4. The Hall–Kier alpha value is -5.49. The average molecular weight is 930 g/mol. The van der Waals surface area contributed by atoms with Crippen molar-refractivity contribution >= 4 is 56.2 Å². The first kappa shape index (κ1) is 46.1. The van der Waals surface area contributed by atoms with Crippen molar-refractivity contribution in [1.82, 2.24) is 34.8 Å². The van der Waals surface area contributed by atoms with E-state index in [9.17, 15) is 27.6 Å². The number of aromatic nitrogens is 3. The van der Waals surface area contributed by atoms with Crippen LogP contribution in [-0.4, -0.2) is 99.4 Å². The predicted molar refractivity (Wildman–Crippen MR) is 247 cm³/mol. The molecule has 1 saturated heterocycles. The van der Waals surface area contributed by atoms with Gasteiger partial charge in [-0.3, -0.25) is 23.7 Å². The maximum Gasteiger partial charge on any atom is 0.408 e. The highest BCUT2D eigenvalue weighted by atomic mass is 32.2. The van der Waals surface area contributed by atoms with Crippen LogP contribution in [0.2, 0.25) is 0 Å². The van der Waals surface area contributed by atoms with Crippen LogP contribution in [0.25, 0.3) is 32.9 Å². The normalized spacial score (nSPS) is 25.1. The largest absolute Gasteiger partial charge is 0.496 e. The molecule has 3 fully saturated rings. The van der Waals surface area contributed by atoms with Crippen molar-refractivity contribution in [2.75, 3.05) is 13.7 Å². The van der Waals surface area contributed by atoms with Gasteiger partial charge in [-0.2, -0.15) is 4.98 Å². The summed E-state index contributed by atoms with van der Waals surface area (Å²) in [5, 5.41) is 8.44. The number of rotatable bonds is 10. The fraction of sp³-hybridized carbons (Fsp3) is 0.532. The number of ether oxygens (including phenoxy) is 3. The first-order valence-electron chi connectivity index (χ1n) is 22.5. The number of para-hydroxylation sites is 2. The Morgan fingerprint density at radius 3 is 2.49 bits per heavy atom. The van der Waals surface area contributed by atoms with Gasteiger partial charge in [-0.05, 0) is 104 Å². The number of sulfonamides is 1. The fourth-order valence-electron chi connectivity index (χ4n) is 8.77. The molecule has 8 rings (SSSR count). The third-order valence-corrected chi connectivity index (χ3v) is 15.8. The van der Waals surface area contributed by atoms with E-state index in [0.717, 1.165) is 40.2 Å². The smallest absolute Gasteiger partial charge is 0.408 e. The van der Waals surface area contributed by atoms with E-state index in [0.29, 0.717) is 43.4 Å².